The van der Waals surface area contributed by atoms with E-state index in [-0.39, 0.29) is 5.56 Å². The SMILES string of the molecule is O=C(N/N=C/c1c[nH]c2cnc(OCc3ccccc3)cc12)c1ccc(OC(F)(F)F)cc1. The van der Waals surface area contributed by atoms with Gasteiger partial charge in [-0.3, -0.25) is 4.79 Å². The molecule has 2 heterocycles. The molecule has 2 N–H and O–H groups in total. The maximum Gasteiger partial charge on any atom is 0.573 e. The van der Waals surface area contributed by atoms with Crippen molar-refractivity contribution in [2.75, 3.05) is 0 Å². The van der Waals surface area contributed by atoms with Crippen molar-refractivity contribution < 1.29 is 27.4 Å². The molecular weight excluding hydrogens is 437 g/mol. The zero-order valence-electron chi connectivity index (χ0n) is 17.0. The number of nitrogens with zero attached hydrogens (tertiary/aromatic N) is 2. The third-order valence-corrected chi connectivity index (χ3v) is 4.52. The quantitative estimate of drug-likeness (QED) is 0.310. The summed E-state index contributed by atoms with van der Waals surface area (Å²) in [6, 6.07) is 16.0. The average molecular weight is 454 g/mol. The average Bonchev–Trinajstić information content (AvgIpc) is 3.20. The van der Waals surface area contributed by atoms with Crippen molar-refractivity contribution in [3.05, 3.63) is 89.7 Å². The number of pyridine rings is 1. The van der Waals surface area contributed by atoms with Crippen LogP contribution in [-0.4, -0.2) is 28.5 Å². The maximum atomic E-state index is 12.2. The van der Waals surface area contributed by atoms with Gasteiger partial charge in [-0.15, -0.1) is 13.2 Å². The van der Waals surface area contributed by atoms with Crippen LogP contribution in [-0.2, 0) is 6.61 Å². The molecule has 4 rings (SSSR count). The number of aromatic nitrogens is 2. The van der Waals surface area contributed by atoms with Crippen molar-refractivity contribution in [2.45, 2.75) is 13.0 Å². The van der Waals surface area contributed by atoms with Gasteiger partial charge in [-0.05, 0) is 29.8 Å². The molecule has 2 aromatic carbocycles. The summed E-state index contributed by atoms with van der Waals surface area (Å²) in [4.78, 5) is 19.5. The first-order valence-electron chi connectivity index (χ1n) is 9.70. The Labute approximate surface area is 185 Å². The van der Waals surface area contributed by atoms with Gasteiger partial charge in [-0.2, -0.15) is 5.10 Å². The zero-order chi connectivity index (χ0) is 23.3. The second-order valence-electron chi connectivity index (χ2n) is 6.86. The van der Waals surface area contributed by atoms with E-state index in [9.17, 15) is 18.0 Å². The molecular formula is C23H17F3N4O3. The summed E-state index contributed by atoms with van der Waals surface area (Å²) in [6.45, 7) is 0.371. The minimum atomic E-state index is -4.80. The lowest BCUT2D eigenvalue weighted by atomic mass is 10.2. The van der Waals surface area contributed by atoms with Gasteiger partial charge < -0.3 is 14.5 Å². The number of H-pyrrole nitrogens is 1. The molecule has 0 fully saturated rings. The van der Waals surface area contributed by atoms with Gasteiger partial charge in [0, 0.05) is 28.8 Å². The molecule has 1 amide bonds. The molecule has 0 radical (unpaired) electrons. The molecule has 2 aromatic heterocycles. The lowest BCUT2D eigenvalue weighted by Gasteiger charge is -2.08. The number of halogens is 3. The number of hydrazone groups is 1. The number of fused-ring (bicyclic) bond motifs is 1. The Hall–Kier alpha value is -4.34. The van der Waals surface area contributed by atoms with E-state index < -0.39 is 18.0 Å². The number of aromatic amines is 1. The number of hydrogen-bond acceptors (Lipinski definition) is 5. The number of hydrogen-bond donors (Lipinski definition) is 2. The summed E-state index contributed by atoms with van der Waals surface area (Å²) in [6.07, 6.45) is -0.0172. The van der Waals surface area contributed by atoms with Gasteiger partial charge in [0.1, 0.15) is 12.4 Å². The molecule has 0 aliphatic carbocycles. The number of nitrogens with one attached hydrogen (secondary N) is 2. The molecule has 0 atom stereocenters. The summed E-state index contributed by atoms with van der Waals surface area (Å²) in [7, 11) is 0. The summed E-state index contributed by atoms with van der Waals surface area (Å²) >= 11 is 0. The third kappa shape index (κ3) is 5.88. The molecule has 10 heteroatoms. The second-order valence-corrected chi connectivity index (χ2v) is 6.86. The molecule has 0 spiro atoms. The molecule has 0 saturated heterocycles. The third-order valence-electron chi connectivity index (χ3n) is 4.52. The van der Waals surface area contributed by atoms with Crippen LogP contribution in [0.25, 0.3) is 10.9 Å². The number of alkyl halides is 3. The van der Waals surface area contributed by atoms with Crippen molar-refractivity contribution in [2.24, 2.45) is 5.10 Å². The first kappa shape index (κ1) is 21.9. The van der Waals surface area contributed by atoms with Gasteiger partial charge in [0.2, 0.25) is 5.88 Å². The lowest BCUT2D eigenvalue weighted by Crippen LogP contribution is -2.19. The van der Waals surface area contributed by atoms with E-state index in [0.29, 0.717) is 18.1 Å². The monoisotopic (exact) mass is 454 g/mol. The van der Waals surface area contributed by atoms with Gasteiger partial charge in [0.25, 0.3) is 5.91 Å². The van der Waals surface area contributed by atoms with E-state index in [4.69, 9.17) is 4.74 Å². The highest BCUT2D eigenvalue weighted by Gasteiger charge is 2.31. The Morgan fingerprint density at radius 1 is 1.12 bits per heavy atom. The van der Waals surface area contributed by atoms with E-state index in [1.54, 1.807) is 18.5 Å². The number of amides is 1. The fourth-order valence-corrected chi connectivity index (χ4v) is 2.97. The fraction of sp³-hybridized carbons (Fsp3) is 0.0870. The van der Waals surface area contributed by atoms with Crippen LogP contribution < -0.4 is 14.9 Å². The Morgan fingerprint density at radius 2 is 1.88 bits per heavy atom. The summed E-state index contributed by atoms with van der Waals surface area (Å²) in [5, 5.41) is 4.72. The smallest absolute Gasteiger partial charge is 0.473 e. The molecule has 7 nitrogen and oxygen atoms in total. The first-order valence-corrected chi connectivity index (χ1v) is 9.70. The topological polar surface area (TPSA) is 88.6 Å². The van der Waals surface area contributed by atoms with Crippen molar-refractivity contribution in [3.8, 4) is 11.6 Å². The van der Waals surface area contributed by atoms with Gasteiger partial charge in [0.05, 0.1) is 17.9 Å². The van der Waals surface area contributed by atoms with E-state index in [1.807, 2.05) is 30.3 Å². The summed E-state index contributed by atoms with van der Waals surface area (Å²) < 4.78 is 46.2. The Kier molecular flexibility index (Phi) is 6.25. The van der Waals surface area contributed by atoms with Crippen molar-refractivity contribution in [1.29, 1.82) is 0 Å². The van der Waals surface area contributed by atoms with Crippen LogP contribution in [0.2, 0.25) is 0 Å². The van der Waals surface area contributed by atoms with Crippen molar-refractivity contribution in [3.63, 3.8) is 0 Å². The van der Waals surface area contributed by atoms with Crippen molar-refractivity contribution >= 4 is 23.0 Å². The molecule has 168 valence electrons. The lowest BCUT2D eigenvalue weighted by molar-refractivity contribution is -0.274. The minimum absolute atomic E-state index is 0.126. The van der Waals surface area contributed by atoms with Crippen LogP contribution in [0.15, 0.2) is 78.2 Å². The van der Waals surface area contributed by atoms with Crippen LogP contribution in [0.5, 0.6) is 11.6 Å². The van der Waals surface area contributed by atoms with Gasteiger partial charge in [0.15, 0.2) is 0 Å². The molecule has 0 unspecified atom stereocenters. The van der Waals surface area contributed by atoms with E-state index >= 15 is 0 Å². The highest BCUT2D eigenvalue weighted by Crippen LogP contribution is 2.23. The minimum Gasteiger partial charge on any atom is -0.473 e. The van der Waals surface area contributed by atoms with Gasteiger partial charge in [-0.1, -0.05) is 30.3 Å². The van der Waals surface area contributed by atoms with Gasteiger partial charge in [-0.25, -0.2) is 10.4 Å². The van der Waals surface area contributed by atoms with E-state index in [1.165, 1.54) is 18.3 Å². The van der Waals surface area contributed by atoms with Crippen LogP contribution in [0.1, 0.15) is 21.5 Å². The number of rotatable bonds is 7. The molecule has 0 aliphatic rings. The molecule has 0 saturated carbocycles. The van der Waals surface area contributed by atoms with Crippen LogP contribution in [0, 0.1) is 0 Å². The van der Waals surface area contributed by atoms with E-state index in [0.717, 1.165) is 28.6 Å². The largest absolute Gasteiger partial charge is 0.573 e. The highest BCUT2D eigenvalue weighted by atomic mass is 19.4. The molecule has 0 aliphatic heterocycles. The number of carbonyl (C=O) groups excluding carboxylic acids is 1. The Balaban J connectivity index is 1.39. The fourth-order valence-electron chi connectivity index (χ4n) is 2.97. The molecule has 4 aromatic rings. The zero-order valence-corrected chi connectivity index (χ0v) is 17.0. The second kappa shape index (κ2) is 9.43. The predicted octanol–water partition coefficient (Wildman–Crippen LogP) is 4.80. The summed E-state index contributed by atoms with van der Waals surface area (Å²) in [5.74, 6) is -0.566. The van der Waals surface area contributed by atoms with Crippen LogP contribution >= 0.6 is 0 Å². The van der Waals surface area contributed by atoms with Crippen molar-refractivity contribution in [1.82, 2.24) is 15.4 Å². The first-order chi connectivity index (χ1) is 15.9. The normalized spacial score (nSPS) is 11.6. The number of ether oxygens (including phenoxy) is 2. The Morgan fingerprint density at radius 3 is 2.61 bits per heavy atom. The van der Waals surface area contributed by atoms with Gasteiger partial charge >= 0.3 is 6.36 Å². The number of benzene rings is 2. The Bertz CT molecular complexity index is 1270. The standard InChI is InChI=1S/C23H17F3N4O3/c24-23(25,26)33-18-8-6-16(7-9-18)22(31)30-29-12-17-11-27-20-13-28-21(10-19(17)20)32-14-15-4-2-1-3-5-15/h1-13,27H,14H2,(H,30,31)/b29-12+. The highest BCUT2D eigenvalue weighted by molar-refractivity contribution is 6.00. The van der Waals surface area contributed by atoms with Crippen LogP contribution in [0.4, 0.5) is 13.2 Å². The van der Waals surface area contributed by atoms with Crippen LogP contribution in [0.3, 0.4) is 0 Å². The number of carbonyl (C=O) groups is 1. The summed E-state index contributed by atoms with van der Waals surface area (Å²) in [5.41, 5.74) is 4.92. The van der Waals surface area contributed by atoms with E-state index in [2.05, 4.69) is 25.2 Å². The molecule has 33 heavy (non-hydrogen) atoms. The predicted molar refractivity (Wildman–Crippen MR) is 115 cm³/mol. The maximum absolute atomic E-state index is 12.2. The molecule has 0 bridgehead atoms.